The predicted octanol–water partition coefficient (Wildman–Crippen LogP) is -0.102. The minimum atomic E-state index is -0.499. The van der Waals surface area contributed by atoms with E-state index in [0.29, 0.717) is 32.0 Å². The molecule has 1 saturated heterocycles. The van der Waals surface area contributed by atoms with Crippen molar-refractivity contribution in [3.05, 3.63) is 0 Å². The smallest absolute Gasteiger partial charge is 0.323 e. The van der Waals surface area contributed by atoms with E-state index in [2.05, 4.69) is 25.7 Å². The molecule has 21 heavy (non-hydrogen) atoms. The van der Waals surface area contributed by atoms with E-state index in [9.17, 15) is 5.11 Å². The molecule has 1 aromatic rings. The maximum atomic E-state index is 9.68. The number of ether oxygens (including phenoxy) is 2. The number of hydrazine groups is 1. The number of nitrogens with one attached hydrogen (secondary N) is 2. The van der Waals surface area contributed by atoms with E-state index in [1.165, 1.54) is 0 Å². The van der Waals surface area contributed by atoms with Crippen molar-refractivity contribution < 1.29 is 14.6 Å². The molecule has 2 heterocycles. The van der Waals surface area contributed by atoms with Crippen molar-refractivity contribution in [1.82, 2.24) is 15.0 Å². The predicted molar refractivity (Wildman–Crippen MR) is 76.9 cm³/mol. The first-order valence-corrected chi connectivity index (χ1v) is 6.93. The third-order valence-corrected chi connectivity index (χ3v) is 3.21. The zero-order valence-electron chi connectivity index (χ0n) is 12.3. The van der Waals surface area contributed by atoms with E-state index >= 15 is 0 Å². The molecule has 0 aromatic carbocycles. The SMILES string of the molecule is CC(C)Oc1nc(NN)nc(NC2(CO)CCOCC2)n1. The Balaban J connectivity index is 2.21. The molecule has 2 rings (SSSR count). The van der Waals surface area contributed by atoms with Gasteiger partial charge < -0.3 is 19.9 Å². The van der Waals surface area contributed by atoms with Crippen LogP contribution in [0.25, 0.3) is 0 Å². The van der Waals surface area contributed by atoms with Crippen molar-refractivity contribution >= 4 is 11.9 Å². The van der Waals surface area contributed by atoms with Crippen LogP contribution >= 0.6 is 0 Å². The Morgan fingerprint density at radius 1 is 1.29 bits per heavy atom. The zero-order valence-corrected chi connectivity index (χ0v) is 12.3. The van der Waals surface area contributed by atoms with Crippen molar-refractivity contribution in [1.29, 1.82) is 0 Å². The summed E-state index contributed by atoms with van der Waals surface area (Å²) in [6, 6.07) is 0.176. The van der Waals surface area contributed by atoms with E-state index < -0.39 is 5.54 Å². The van der Waals surface area contributed by atoms with E-state index in [1.807, 2.05) is 13.8 Å². The highest BCUT2D eigenvalue weighted by atomic mass is 16.5. The van der Waals surface area contributed by atoms with Crippen LogP contribution in [0.5, 0.6) is 6.01 Å². The molecular formula is C12H22N6O3. The van der Waals surface area contributed by atoms with Crippen molar-refractivity contribution in [3.8, 4) is 6.01 Å². The lowest BCUT2D eigenvalue weighted by molar-refractivity contribution is 0.0376. The van der Waals surface area contributed by atoms with Gasteiger partial charge in [-0.15, -0.1) is 0 Å². The van der Waals surface area contributed by atoms with Crippen molar-refractivity contribution in [2.45, 2.75) is 38.3 Å². The summed E-state index contributed by atoms with van der Waals surface area (Å²) in [7, 11) is 0. The molecule has 9 nitrogen and oxygen atoms in total. The second kappa shape index (κ2) is 6.83. The summed E-state index contributed by atoms with van der Waals surface area (Å²) in [5.74, 6) is 5.87. The molecule has 0 amide bonds. The van der Waals surface area contributed by atoms with Crippen LogP contribution in [0.4, 0.5) is 11.9 Å². The topological polar surface area (TPSA) is 127 Å². The van der Waals surface area contributed by atoms with Gasteiger partial charge in [0, 0.05) is 13.2 Å². The molecule has 0 saturated carbocycles. The largest absolute Gasteiger partial charge is 0.461 e. The van der Waals surface area contributed by atoms with Crippen LogP contribution in [-0.4, -0.2) is 51.5 Å². The quantitative estimate of drug-likeness (QED) is 0.420. The van der Waals surface area contributed by atoms with Crippen molar-refractivity contribution in [2.75, 3.05) is 30.6 Å². The highest BCUT2D eigenvalue weighted by Gasteiger charge is 2.33. The molecule has 1 aromatic heterocycles. The molecule has 1 aliphatic rings. The van der Waals surface area contributed by atoms with Gasteiger partial charge in [0.1, 0.15) is 0 Å². The Bertz CT molecular complexity index is 464. The maximum absolute atomic E-state index is 9.68. The molecular weight excluding hydrogens is 276 g/mol. The van der Waals surface area contributed by atoms with E-state index in [-0.39, 0.29) is 24.7 Å². The molecule has 5 N–H and O–H groups in total. The molecule has 118 valence electrons. The number of rotatable bonds is 6. The highest BCUT2D eigenvalue weighted by Crippen LogP contribution is 2.25. The molecule has 0 aliphatic carbocycles. The monoisotopic (exact) mass is 298 g/mol. The van der Waals surface area contributed by atoms with Crippen LogP contribution in [0.2, 0.25) is 0 Å². The Morgan fingerprint density at radius 3 is 2.52 bits per heavy atom. The summed E-state index contributed by atoms with van der Waals surface area (Å²) >= 11 is 0. The van der Waals surface area contributed by atoms with Crippen LogP contribution in [0.3, 0.4) is 0 Å². The number of aliphatic hydroxyl groups is 1. The number of aromatic nitrogens is 3. The summed E-state index contributed by atoms with van der Waals surface area (Å²) in [5, 5.41) is 12.8. The second-order valence-corrected chi connectivity index (χ2v) is 5.25. The normalized spacial score (nSPS) is 17.6. The minimum Gasteiger partial charge on any atom is -0.461 e. The van der Waals surface area contributed by atoms with Crippen LogP contribution in [0.1, 0.15) is 26.7 Å². The second-order valence-electron chi connectivity index (χ2n) is 5.25. The van der Waals surface area contributed by atoms with E-state index in [1.54, 1.807) is 0 Å². The van der Waals surface area contributed by atoms with Crippen molar-refractivity contribution in [3.63, 3.8) is 0 Å². The highest BCUT2D eigenvalue weighted by molar-refractivity contribution is 5.37. The van der Waals surface area contributed by atoms with Gasteiger partial charge in [-0.1, -0.05) is 0 Å². The Kier molecular flexibility index (Phi) is 5.10. The first-order valence-electron chi connectivity index (χ1n) is 6.93. The fourth-order valence-electron chi connectivity index (χ4n) is 2.06. The Morgan fingerprint density at radius 2 is 1.95 bits per heavy atom. The molecule has 0 unspecified atom stereocenters. The number of hydrogen-bond acceptors (Lipinski definition) is 9. The molecule has 1 fully saturated rings. The first kappa shape index (κ1) is 15.7. The molecule has 0 bridgehead atoms. The van der Waals surface area contributed by atoms with Crippen LogP contribution in [0, 0.1) is 0 Å². The number of anilines is 2. The third-order valence-electron chi connectivity index (χ3n) is 3.21. The molecule has 0 spiro atoms. The molecule has 0 radical (unpaired) electrons. The van der Waals surface area contributed by atoms with Gasteiger partial charge in [0.15, 0.2) is 0 Å². The van der Waals surface area contributed by atoms with Gasteiger partial charge in [0.2, 0.25) is 11.9 Å². The van der Waals surface area contributed by atoms with E-state index in [4.69, 9.17) is 15.3 Å². The van der Waals surface area contributed by atoms with Crippen LogP contribution in [-0.2, 0) is 4.74 Å². The molecule has 9 heteroatoms. The minimum absolute atomic E-state index is 0.0339. The summed E-state index contributed by atoms with van der Waals surface area (Å²) < 4.78 is 10.8. The van der Waals surface area contributed by atoms with E-state index in [0.717, 1.165) is 0 Å². The van der Waals surface area contributed by atoms with Gasteiger partial charge in [0.05, 0.1) is 18.2 Å². The van der Waals surface area contributed by atoms with Crippen LogP contribution in [0.15, 0.2) is 0 Å². The lowest BCUT2D eigenvalue weighted by Crippen LogP contribution is -2.47. The average Bonchev–Trinajstić information content (AvgIpc) is 2.47. The average molecular weight is 298 g/mol. The fourth-order valence-corrected chi connectivity index (χ4v) is 2.06. The zero-order chi connectivity index (χ0) is 15.3. The third kappa shape index (κ3) is 4.13. The molecule has 1 aliphatic heterocycles. The lowest BCUT2D eigenvalue weighted by atomic mass is 9.91. The standard InChI is InChI=1S/C12H22N6O3/c1-8(2)21-11-15-9(14-10(16-11)18-13)17-12(7-19)3-5-20-6-4-12/h8,19H,3-7,13H2,1-2H3,(H2,14,15,16,17,18). The Labute approximate surface area is 123 Å². The first-order chi connectivity index (χ1) is 10.1. The maximum Gasteiger partial charge on any atom is 0.323 e. The number of nitrogen functional groups attached to an aromatic ring is 1. The lowest BCUT2D eigenvalue weighted by Gasteiger charge is -2.36. The number of nitrogens with zero attached hydrogens (tertiary/aromatic N) is 3. The van der Waals surface area contributed by atoms with Gasteiger partial charge in [-0.2, -0.15) is 15.0 Å². The van der Waals surface area contributed by atoms with Gasteiger partial charge >= 0.3 is 6.01 Å². The number of hydrogen-bond donors (Lipinski definition) is 4. The summed E-state index contributed by atoms with van der Waals surface area (Å²) in [5.41, 5.74) is 1.88. The summed E-state index contributed by atoms with van der Waals surface area (Å²) in [4.78, 5) is 12.4. The van der Waals surface area contributed by atoms with Gasteiger partial charge in [-0.05, 0) is 26.7 Å². The van der Waals surface area contributed by atoms with Gasteiger partial charge in [-0.25, -0.2) is 5.84 Å². The summed E-state index contributed by atoms with van der Waals surface area (Å²) in [6.45, 7) is 4.88. The Hall–Kier alpha value is -1.71. The number of aliphatic hydroxyl groups excluding tert-OH is 1. The molecule has 0 atom stereocenters. The van der Waals surface area contributed by atoms with Gasteiger partial charge in [-0.3, -0.25) is 5.43 Å². The fraction of sp³-hybridized carbons (Fsp3) is 0.750. The summed E-state index contributed by atoms with van der Waals surface area (Å²) in [6.07, 6.45) is 1.27. The van der Waals surface area contributed by atoms with Gasteiger partial charge in [0.25, 0.3) is 0 Å². The van der Waals surface area contributed by atoms with Crippen molar-refractivity contribution in [2.24, 2.45) is 5.84 Å². The van der Waals surface area contributed by atoms with Crippen LogP contribution < -0.4 is 21.3 Å². The number of nitrogens with two attached hydrogens (primary N) is 1.